The van der Waals surface area contributed by atoms with Crippen LogP contribution in [0.15, 0.2) is 0 Å². The summed E-state index contributed by atoms with van der Waals surface area (Å²) in [6.07, 6.45) is 0.600. The lowest BCUT2D eigenvalue weighted by molar-refractivity contribution is 0.218. The summed E-state index contributed by atoms with van der Waals surface area (Å²) in [7, 11) is -3.90. The van der Waals surface area contributed by atoms with E-state index in [2.05, 4.69) is 14.4 Å². The summed E-state index contributed by atoms with van der Waals surface area (Å²) in [6.45, 7) is 1.87. The molecule has 56 valence electrons. The van der Waals surface area contributed by atoms with Crippen LogP contribution in [0.5, 0.6) is 0 Å². The van der Waals surface area contributed by atoms with Crippen molar-refractivity contribution >= 4 is 10.4 Å². The van der Waals surface area contributed by atoms with Crippen LogP contribution in [0, 0.1) is 0 Å². The van der Waals surface area contributed by atoms with Crippen molar-refractivity contribution in [2.45, 2.75) is 13.3 Å². The fourth-order valence-electron chi connectivity index (χ4n) is 0.213. The highest BCUT2D eigenvalue weighted by atomic mass is 32.3. The Kier molecular flexibility index (Phi) is 3.71. The zero-order chi connectivity index (χ0) is 7.33. The third-order valence-electron chi connectivity index (χ3n) is 0.550. The smallest absolute Gasteiger partial charge is 0.247 e. The van der Waals surface area contributed by atoms with Gasteiger partial charge in [0.1, 0.15) is 0 Å². The van der Waals surface area contributed by atoms with Crippen LogP contribution < -0.4 is 5.90 Å². The van der Waals surface area contributed by atoms with Gasteiger partial charge < -0.3 is 0 Å². The van der Waals surface area contributed by atoms with Crippen LogP contribution >= 0.6 is 0 Å². The fourth-order valence-corrected chi connectivity index (χ4v) is 0.640. The first-order valence-corrected chi connectivity index (χ1v) is 3.73. The van der Waals surface area contributed by atoms with E-state index in [1.54, 1.807) is 6.92 Å². The van der Waals surface area contributed by atoms with Crippen LogP contribution in [-0.2, 0) is 18.9 Å². The summed E-state index contributed by atoms with van der Waals surface area (Å²) in [5.74, 6) is 4.33. The van der Waals surface area contributed by atoms with Gasteiger partial charge in [0.2, 0.25) is 0 Å². The molecule has 0 heterocycles. The highest BCUT2D eigenvalue weighted by molar-refractivity contribution is 7.81. The van der Waals surface area contributed by atoms with Gasteiger partial charge in [0.05, 0.1) is 6.61 Å². The zero-order valence-corrected chi connectivity index (χ0v) is 5.85. The van der Waals surface area contributed by atoms with Gasteiger partial charge in [-0.15, -0.1) is 0 Å². The normalized spacial score (nSPS) is 11.8. The third kappa shape index (κ3) is 4.34. The molecular formula is C3H9NO4S. The minimum atomic E-state index is -3.90. The topological polar surface area (TPSA) is 78.6 Å². The van der Waals surface area contributed by atoms with Crippen LogP contribution in [0.1, 0.15) is 13.3 Å². The van der Waals surface area contributed by atoms with Gasteiger partial charge in [0, 0.05) is 0 Å². The summed E-state index contributed by atoms with van der Waals surface area (Å²) in [6, 6.07) is 0. The van der Waals surface area contributed by atoms with Gasteiger partial charge in [0.15, 0.2) is 0 Å². The first-order valence-electron chi connectivity index (χ1n) is 2.40. The summed E-state index contributed by atoms with van der Waals surface area (Å²) >= 11 is 0. The Balaban J connectivity index is 3.61. The Bertz CT molecular complexity index is 151. The SMILES string of the molecule is CCCOS(=O)(=O)ON. The van der Waals surface area contributed by atoms with E-state index in [-0.39, 0.29) is 6.61 Å². The van der Waals surface area contributed by atoms with Gasteiger partial charge in [-0.2, -0.15) is 18.6 Å². The highest BCUT2D eigenvalue weighted by Gasteiger charge is 2.06. The van der Waals surface area contributed by atoms with E-state index in [1.807, 2.05) is 0 Å². The predicted octanol–water partition coefficient (Wildman–Crippen LogP) is -0.452. The van der Waals surface area contributed by atoms with E-state index in [1.165, 1.54) is 0 Å². The summed E-state index contributed by atoms with van der Waals surface area (Å²) in [5, 5.41) is 0. The fraction of sp³-hybridized carbons (Fsp3) is 1.00. The minimum absolute atomic E-state index is 0.0968. The Morgan fingerprint density at radius 1 is 1.56 bits per heavy atom. The molecule has 0 aliphatic rings. The van der Waals surface area contributed by atoms with Crippen LogP contribution in [0.2, 0.25) is 0 Å². The number of nitrogens with two attached hydrogens (primary N) is 1. The van der Waals surface area contributed by atoms with Gasteiger partial charge in [-0.25, -0.2) is 4.18 Å². The first kappa shape index (κ1) is 8.83. The van der Waals surface area contributed by atoms with Gasteiger partial charge in [-0.1, -0.05) is 6.92 Å². The predicted molar refractivity (Wildman–Crippen MR) is 30.4 cm³/mol. The van der Waals surface area contributed by atoms with Gasteiger partial charge in [-0.05, 0) is 6.42 Å². The van der Waals surface area contributed by atoms with Crippen molar-refractivity contribution in [2.75, 3.05) is 6.61 Å². The van der Waals surface area contributed by atoms with E-state index in [9.17, 15) is 8.42 Å². The maximum atomic E-state index is 10.2. The molecule has 5 nitrogen and oxygen atoms in total. The lowest BCUT2D eigenvalue weighted by Crippen LogP contribution is -2.14. The van der Waals surface area contributed by atoms with Crippen molar-refractivity contribution in [3.05, 3.63) is 0 Å². The van der Waals surface area contributed by atoms with E-state index in [4.69, 9.17) is 0 Å². The maximum absolute atomic E-state index is 10.2. The second-order valence-corrected chi connectivity index (χ2v) is 2.57. The van der Waals surface area contributed by atoms with Crippen LogP contribution in [-0.4, -0.2) is 15.0 Å². The molecule has 0 bridgehead atoms. The highest BCUT2D eigenvalue weighted by Crippen LogP contribution is 1.91. The van der Waals surface area contributed by atoms with Gasteiger partial charge >= 0.3 is 10.4 Å². The molecular weight excluding hydrogens is 146 g/mol. The second-order valence-electron chi connectivity index (χ2n) is 1.33. The molecule has 6 heteroatoms. The molecule has 2 N–H and O–H groups in total. The van der Waals surface area contributed by atoms with Crippen molar-refractivity contribution in [3.63, 3.8) is 0 Å². The Morgan fingerprint density at radius 3 is 2.44 bits per heavy atom. The largest absolute Gasteiger partial charge is 0.415 e. The quantitative estimate of drug-likeness (QED) is 0.556. The second kappa shape index (κ2) is 3.78. The molecule has 0 aromatic carbocycles. The molecule has 0 unspecified atom stereocenters. The molecule has 0 amide bonds. The summed E-state index contributed by atoms with van der Waals surface area (Å²) in [5.41, 5.74) is 0. The molecule has 0 radical (unpaired) electrons. The van der Waals surface area contributed by atoms with E-state index in [0.717, 1.165) is 0 Å². The molecule has 0 saturated heterocycles. The number of hydrogen-bond acceptors (Lipinski definition) is 5. The van der Waals surface area contributed by atoms with Crippen molar-refractivity contribution in [3.8, 4) is 0 Å². The third-order valence-corrected chi connectivity index (χ3v) is 1.24. The van der Waals surface area contributed by atoms with Crippen LogP contribution in [0.4, 0.5) is 0 Å². The summed E-state index contributed by atoms with van der Waals surface area (Å²) < 4.78 is 28.0. The molecule has 0 aliphatic carbocycles. The van der Waals surface area contributed by atoms with Crippen LogP contribution in [0.3, 0.4) is 0 Å². The molecule has 0 aliphatic heterocycles. The lowest BCUT2D eigenvalue weighted by Gasteiger charge is -1.97. The van der Waals surface area contributed by atoms with Crippen molar-refractivity contribution in [2.24, 2.45) is 5.90 Å². The Hall–Kier alpha value is -0.170. The molecule has 0 fully saturated rings. The first-order chi connectivity index (χ1) is 4.12. The average molecular weight is 155 g/mol. The number of hydrogen-bond donors (Lipinski definition) is 1. The monoisotopic (exact) mass is 155 g/mol. The molecule has 0 saturated carbocycles. The zero-order valence-electron chi connectivity index (χ0n) is 5.03. The lowest BCUT2D eigenvalue weighted by atomic mass is 10.5. The van der Waals surface area contributed by atoms with Gasteiger partial charge in [-0.3, -0.25) is 0 Å². The molecule has 9 heavy (non-hydrogen) atoms. The van der Waals surface area contributed by atoms with E-state index < -0.39 is 10.4 Å². The summed E-state index contributed by atoms with van der Waals surface area (Å²) in [4.78, 5) is 0. The average Bonchev–Trinajstić information content (AvgIpc) is 1.84. The molecule has 0 spiro atoms. The molecule has 0 aromatic heterocycles. The molecule has 0 aromatic rings. The van der Waals surface area contributed by atoms with Crippen molar-refractivity contribution in [1.29, 1.82) is 0 Å². The molecule has 0 atom stereocenters. The maximum Gasteiger partial charge on any atom is 0.415 e. The van der Waals surface area contributed by atoms with E-state index in [0.29, 0.717) is 6.42 Å². The Morgan fingerprint density at radius 2 is 2.11 bits per heavy atom. The number of rotatable bonds is 4. The van der Waals surface area contributed by atoms with Gasteiger partial charge in [0.25, 0.3) is 0 Å². The standard InChI is InChI=1S/C3H9NO4S/c1-2-3-7-9(5,6)8-4/h2-4H2,1H3. The molecule has 0 rings (SSSR count). The van der Waals surface area contributed by atoms with Crippen molar-refractivity contribution in [1.82, 2.24) is 0 Å². The van der Waals surface area contributed by atoms with Crippen LogP contribution in [0.25, 0.3) is 0 Å². The Labute approximate surface area is 54.0 Å². The minimum Gasteiger partial charge on any atom is -0.247 e. The van der Waals surface area contributed by atoms with E-state index >= 15 is 0 Å². The van der Waals surface area contributed by atoms with Crippen molar-refractivity contribution < 1.29 is 16.9 Å².